The number of aliphatic hydroxyl groups is 1. The molecule has 2 rings (SSSR count). The second kappa shape index (κ2) is 5.19. The molecule has 7 heteroatoms. The Bertz CT molecular complexity index is 451. The number of β-amino-alcohol motifs (C(OH)–C–C–N with tert-alkyl or cyclic N) is 1. The van der Waals surface area contributed by atoms with E-state index in [4.69, 9.17) is 9.47 Å². The van der Waals surface area contributed by atoms with Crippen molar-refractivity contribution >= 4 is 5.69 Å². The summed E-state index contributed by atoms with van der Waals surface area (Å²) < 4.78 is 10.5. The lowest BCUT2D eigenvalue weighted by molar-refractivity contribution is -0.386. The smallest absolute Gasteiger partial charge is 0.311 e. The van der Waals surface area contributed by atoms with Gasteiger partial charge in [-0.25, -0.2) is 0 Å². The predicted molar refractivity (Wildman–Crippen MR) is 62.9 cm³/mol. The van der Waals surface area contributed by atoms with Crippen molar-refractivity contribution in [2.24, 2.45) is 0 Å². The van der Waals surface area contributed by atoms with Crippen molar-refractivity contribution in [3.63, 3.8) is 0 Å². The van der Waals surface area contributed by atoms with Crippen LogP contribution in [0.3, 0.4) is 0 Å². The van der Waals surface area contributed by atoms with E-state index in [1.807, 2.05) is 0 Å². The molecule has 1 aromatic rings. The highest BCUT2D eigenvalue weighted by Gasteiger charge is 2.29. The van der Waals surface area contributed by atoms with Gasteiger partial charge in [-0.1, -0.05) is 0 Å². The molecule has 2 N–H and O–H groups in total. The number of nitro benzene ring substituents is 1. The molecule has 18 heavy (non-hydrogen) atoms. The van der Waals surface area contributed by atoms with Gasteiger partial charge >= 0.3 is 5.69 Å². The second-order valence-electron chi connectivity index (χ2n) is 3.97. The molecule has 0 radical (unpaired) electrons. The van der Waals surface area contributed by atoms with E-state index in [1.165, 1.54) is 25.3 Å². The highest BCUT2D eigenvalue weighted by atomic mass is 16.6. The molecular formula is C11H14N2O5. The number of nitrogens with one attached hydrogen (secondary N) is 1. The van der Waals surface area contributed by atoms with E-state index in [0.29, 0.717) is 18.8 Å². The number of nitrogens with zero attached hydrogens (tertiary/aromatic N) is 1. The van der Waals surface area contributed by atoms with Crippen molar-refractivity contribution in [1.82, 2.24) is 5.32 Å². The van der Waals surface area contributed by atoms with Crippen LogP contribution in [0.1, 0.15) is 0 Å². The van der Waals surface area contributed by atoms with Crippen LogP contribution in [0.5, 0.6) is 11.5 Å². The van der Waals surface area contributed by atoms with Crippen LogP contribution in [0.2, 0.25) is 0 Å². The van der Waals surface area contributed by atoms with Crippen LogP contribution >= 0.6 is 0 Å². The Morgan fingerprint density at radius 2 is 2.28 bits per heavy atom. The first-order valence-corrected chi connectivity index (χ1v) is 5.49. The zero-order valence-electron chi connectivity index (χ0n) is 9.83. The standard InChI is InChI=1S/C11H14N2O5/c1-17-7-2-3-8(13(15)16)10(4-7)18-11-6-12-5-9(11)14/h2-4,9,11-12,14H,5-6H2,1H3/t9-,11-/m0/s1. The van der Waals surface area contributed by atoms with E-state index in [9.17, 15) is 15.2 Å². The molecular weight excluding hydrogens is 240 g/mol. The fourth-order valence-corrected chi connectivity index (χ4v) is 1.79. The van der Waals surface area contributed by atoms with Crippen molar-refractivity contribution in [3.05, 3.63) is 28.3 Å². The zero-order chi connectivity index (χ0) is 13.1. The number of hydrogen-bond donors (Lipinski definition) is 2. The lowest BCUT2D eigenvalue weighted by Gasteiger charge is -2.16. The summed E-state index contributed by atoms with van der Waals surface area (Å²) >= 11 is 0. The molecule has 0 saturated carbocycles. The molecule has 7 nitrogen and oxygen atoms in total. The SMILES string of the molecule is COc1ccc([N+](=O)[O-])c(O[C@H]2CNC[C@@H]2O)c1. The van der Waals surface area contributed by atoms with Crippen molar-refractivity contribution in [3.8, 4) is 11.5 Å². The Morgan fingerprint density at radius 1 is 1.50 bits per heavy atom. The average molecular weight is 254 g/mol. The third-order valence-corrected chi connectivity index (χ3v) is 2.77. The van der Waals surface area contributed by atoms with E-state index in [-0.39, 0.29) is 11.4 Å². The summed E-state index contributed by atoms with van der Waals surface area (Å²) in [7, 11) is 1.47. The summed E-state index contributed by atoms with van der Waals surface area (Å²) in [4.78, 5) is 10.4. The minimum atomic E-state index is -0.671. The molecule has 0 unspecified atom stereocenters. The van der Waals surface area contributed by atoms with Crippen LogP contribution in [0.25, 0.3) is 0 Å². The van der Waals surface area contributed by atoms with Crippen molar-refractivity contribution in [2.45, 2.75) is 12.2 Å². The predicted octanol–water partition coefficient (Wildman–Crippen LogP) is 0.315. The van der Waals surface area contributed by atoms with Gasteiger partial charge in [0.15, 0.2) is 0 Å². The fraction of sp³-hybridized carbons (Fsp3) is 0.455. The normalized spacial score (nSPS) is 22.8. The number of benzene rings is 1. The lowest BCUT2D eigenvalue weighted by atomic mass is 10.2. The third kappa shape index (κ3) is 2.52. The number of aliphatic hydroxyl groups excluding tert-OH is 1. The maximum absolute atomic E-state index is 10.9. The molecule has 0 amide bonds. The van der Waals surface area contributed by atoms with Crippen LogP contribution in [0.4, 0.5) is 5.69 Å². The first kappa shape index (κ1) is 12.6. The molecule has 0 bridgehead atoms. The largest absolute Gasteiger partial charge is 0.497 e. The van der Waals surface area contributed by atoms with Crippen LogP contribution in [0, 0.1) is 10.1 Å². The van der Waals surface area contributed by atoms with Crippen molar-refractivity contribution in [2.75, 3.05) is 20.2 Å². The highest BCUT2D eigenvalue weighted by molar-refractivity contribution is 5.50. The zero-order valence-corrected chi connectivity index (χ0v) is 9.83. The number of rotatable bonds is 4. The summed E-state index contributed by atoms with van der Waals surface area (Å²) in [6.07, 6.45) is -1.16. The minimum absolute atomic E-state index is 0.104. The van der Waals surface area contributed by atoms with Gasteiger partial charge in [-0.05, 0) is 6.07 Å². The van der Waals surface area contributed by atoms with Crippen LogP contribution in [-0.2, 0) is 0 Å². The van der Waals surface area contributed by atoms with Gasteiger partial charge < -0.3 is 19.9 Å². The van der Waals surface area contributed by atoms with Gasteiger partial charge in [0.25, 0.3) is 0 Å². The number of ether oxygens (including phenoxy) is 2. The second-order valence-corrected chi connectivity index (χ2v) is 3.97. The van der Waals surface area contributed by atoms with Gasteiger partial charge in [0.05, 0.1) is 12.0 Å². The molecule has 1 heterocycles. The average Bonchev–Trinajstić information content (AvgIpc) is 2.74. The van der Waals surface area contributed by atoms with Crippen LogP contribution in [-0.4, -0.2) is 42.4 Å². The Kier molecular flexibility index (Phi) is 3.63. The van der Waals surface area contributed by atoms with Gasteiger partial charge in [-0.2, -0.15) is 0 Å². The van der Waals surface area contributed by atoms with Crippen LogP contribution in [0.15, 0.2) is 18.2 Å². The maximum Gasteiger partial charge on any atom is 0.311 e. The van der Waals surface area contributed by atoms with Crippen LogP contribution < -0.4 is 14.8 Å². The molecule has 1 saturated heterocycles. The van der Waals surface area contributed by atoms with E-state index in [2.05, 4.69) is 5.32 Å². The first-order valence-electron chi connectivity index (χ1n) is 5.49. The van der Waals surface area contributed by atoms with E-state index >= 15 is 0 Å². The van der Waals surface area contributed by atoms with E-state index < -0.39 is 17.1 Å². The summed E-state index contributed by atoms with van der Waals surface area (Å²) in [6.45, 7) is 0.873. The lowest BCUT2D eigenvalue weighted by Crippen LogP contribution is -2.30. The fourth-order valence-electron chi connectivity index (χ4n) is 1.79. The van der Waals surface area contributed by atoms with Gasteiger partial charge in [-0.15, -0.1) is 0 Å². The summed E-state index contributed by atoms with van der Waals surface area (Å²) in [5.74, 6) is 0.572. The molecule has 0 aromatic heterocycles. The number of methoxy groups -OCH3 is 1. The Labute approximate surface area is 103 Å². The molecule has 0 spiro atoms. The van der Waals surface area contributed by atoms with Gasteiger partial charge in [-0.3, -0.25) is 10.1 Å². The summed E-state index contributed by atoms with van der Waals surface area (Å²) in [5.41, 5.74) is -0.144. The highest BCUT2D eigenvalue weighted by Crippen LogP contribution is 2.32. The molecule has 1 aliphatic rings. The molecule has 98 valence electrons. The molecule has 1 fully saturated rings. The van der Waals surface area contributed by atoms with Gasteiger partial charge in [0.2, 0.25) is 5.75 Å². The first-order chi connectivity index (χ1) is 8.61. The monoisotopic (exact) mass is 254 g/mol. The molecule has 0 aliphatic carbocycles. The summed E-state index contributed by atoms with van der Waals surface area (Å²) in [6, 6.07) is 4.26. The van der Waals surface area contributed by atoms with Gasteiger partial charge in [0, 0.05) is 25.2 Å². The Balaban J connectivity index is 2.25. The summed E-state index contributed by atoms with van der Waals surface area (Å²) in [5, 5.41) is 23.4. The quantitative estimate of drug-likeness (QED) is 0.593. The maximum atomic E-state index is 10.9. The van der Waals surface area contributed by atoms with E-state index in [0.717, 1.165) is 0 Å². The third-order valence-electron chi connectivity index (χ3n) is 2.77. The van der Waals surface area contributed by atoms with E-state index in [1.54, 1.807) is 0 Å². The Morgan fingerprint density at radius 3 is 2.83 bits per heavy atom. The van der Waals surface area contributed by atoms with Crippen molar-refractivity contribution in [1.29, 1.82) is 0 Å². The Hall–Kier alpha value is -1.86. The number of hydrogen-bond acceptors (Lipinski definition) is 6. The van der Waals surface area contributed by atoms with Crippen molar-refractivity contribution < 1.29 is 19.5 Å². The van der Waals surface area contributed by atoms with Gasteiger partial charge in [0.1, 0.15) is 18.0 Å². The minimum Gasteiger partial charge on any atom is -0.497 e. The molecule has 2 atom stereocenters. The number of nitro groups is 1. The topological polar surface area (TPSA) is 93.9 Å². The molecule has 1 aromatic carbocycles. The molecule has 1 aliphatic heterocycles.